The number of guanidine groups is 1. The highest BCUT2D eigenvalue weighted by Gasteiger charge is 2.14. The summed E-state index contributed by atoms with van der Waals surface area (Å²) in [6, 6.07) is 12.6. The summed E-state index contributed by atoms with van der Waals surface area (Å²) in [5.41, 5.74) is 12.1. The smallest absolute Gasteiger partial charge is 0.355 e. The standard InChI is InChI=1S/C21H23Cl2N7O2/c1-13-2-4-14(5-3-13)11-30-20(31)28-19(27-9-8-26-18(24)25)29(21(30)32)12-15-6-7-16(22)17(23)10-15/h2-7,10H,8-9,11-12H2,1H3,(H4,24,25,26)(H,27,28,31). The van der Waals surface area contributed by atoms with Crippen LogP contribution in [-0.2, 0) is 13.1 Å². The van der Waals surface area contributed by atoms with E-state index in [1.807, 2.05) is 31.2 Å². The number of nitrogens with two attached hydrogens (primary N) is 2. The molecule has 0 fully saturated rings. The van der Waals surface area contributed by atoms with E-state index in [1.165, 1.54) is 4.57 Å². The largest absolute Gasteiger partial charge is 0.370 e. The fourth-order valence-electron chi connectivity index (χ4n) is 2.99. The molecule has 0 amide bonds. The van der Waals surface area contributed by atoms with E-state index in [9.17, 15) is 9.59 Å². The van der Waals surface area contributed by atoms with Crippen molar-refractivity contribution in [1.82, 2.24) is 14.1 Å². The van der Waals surface area contributed by atoms with E-state index in [2.05, 4.69) is 15.3 Å². The molecule has 5 N–H and O–H groups in total. The molecule has 0 saturated carbocycles. The van der Waals surface area contributed by atoms with Crippen LogP contribution in [0.5, 0.6) is 0 Å². The molecule has 1 aromatic heterocycles. The first-order chi connectivity index (χ1) is 15.2. The summed E-state index contributed by atoms with van der Waals surface area (Å²) >= 11 is 12.1. The average molecular weight is 476 g/mol. The first kappa shape index (κ1) is 23.4. The molecular weight excluding hydrogens is 453 g/mol. The van der Waals surface area contributed by atoms with E-state index >= 15 is 0 Å². The number of aliphatic imine (C=N–C) groups is 1. The molecule has 9 nitrogen and oxygen atoms in total. The van der Waals surface area contributed by atoms with E-state index in [4.69, 9.17) is 34.7 Å². The minimum Gasteiger partial charge on any atom is -0.370 e. The highest BCUT2D eigenvalue weighted by molar-refractivity contribution is 6.42. The molecule has 0 radical (unpaired) electrons. The lowest BCUT2D eigenvalue weighted by Gasteiger charge is -2.16. The predicted octanol–water partition coefficient (Wildman–Crippen LogP) is 1.80. The summed E-state index contributed by atoms with van der Waals surface area (Å²) in [5, 5.41) is 3.72. The zero-order valence-electron chi connectivity index (χ0n) is 17.4. The van der Waals surface area contributed by atoms with E-state index in [0.29, 0.717) is 10.0 Å². The van der Waals surface area contributed by atoms with Crippen LogP contribution in [0.2, 0.25) is 10.0 Å². The molecule has 32 heavy (non-hydrogen) atoms. The maximum absolute atomic E-state index is 13.3. The fraction of sp³-hybridized carbons (Fsp3) is 0.238. The van der Waals surface area contributed by atoms with Gasteiger partial charge in [0, 0.05) is 6.54 Å². The predicted molar refractivity (Wildman–Crippen MR) is 128 cm³/mol. The zero-order chi connectivity index (χ0) is 23.3. The second kappa shape index (κ2) is 10.3. The van der Waals surface area contributed by atoms with Gasteiger partial charge in [0.2, 0.25) is 5.95 Å². The van der Waals surface area contributed by atoms with Gasteiger partial charge in [-0.3, -0.25) is 9.56 Å². The number of halogens is 2. The van der Waals surface area contributed by atoms with Gasteiger partial charge in [0.15, 0.2) is 5.96 Å². The average Bonchev–Trinajstić information content (AvgIpc) is 2.74. The van der Waals surface area contributed by atoms with Crippen LogP contribution in [0.1, 0.15) is 16.7 Å². The number of benzene rings is 2. The van der Waals surface area contributed by atoms with Gasteiger partial charge in [-0.05, 0) is 30.2 Å². The molecule has 0 spiro atoms. The Morgan fingerprint density at radius 1 is 1.00 bits per heavy atom. The van der Waals surface area contributed by atoms with E-state index in [-0.39, 0.29) is 38.1 Å². The molecule has 0 unspecified atom stereocenters. The molecule has 168 valence electrons. The Labute approximate surface area is 194 Å². The zero-order valence-corrected chi connectivity index (χ0v) is 18.9. The third kappa shape index (κ3) is 5.89. The van der Waals surface area contributed by atoms with Gasteiger partial charge in [0.25, 0.3) is 0 Å². The highest BCUT2D eigenvalue weighted by atomic mass is 35.5. The third-order valence-corrected chi connectivity index (χ3v) is 5.36. The van der Waals surface area contributed by atoms with Gasteiger partial charge in [-0.15, -0.1) is 0 Å². The van der Waals surface area contributed by atoms with Crippen LogP contribution in [0.25, 0.3) is 0 Å². The Morgan fingerprint density at radius 2 is 1.66 bits per heavy atom. The van der Waals surface area contributed by atoms with Crippen molar-refractivity contribution in [2.45, 2.75) is 20.0 Å². The van der Waals surface area contributed by atoms with Crippen molar-refractivity contribution in [2.75, 3.05) is 18.4 Å². The SMILES string of the molecule is Cc1ccc(Cn2c(=O)nc(NCCN=C(N)N)n(Cc3ccc(Cl)c(Cl)c3)c2=O)cc1. The Morgan fingerprint density at radius 3 is 2.31 bits per heavy atom. The number of hydrogen-bond acceptors (Lipinski definition) is 5. The topological polar surface area (TPSA) is 133 Å². The molecule has 3 rings (SSSR count). The van der Waals surface area contributed by atoms with Crippen LogP contribution in [0.3, 0.4) is 0 Å². The van der Waals surface area contributed by atoms with Crippen molar-refractivity contribution in [3.8, 4) is 0 Å². The van der Waals surface area contributed by atoms with E-state index in [0.717, 1.165) is 21.3 Å². The molecule has 0 aliphatic rings. The lowest BCUT2D eigenvalue weighted by molar-refractivity contribution is 0.586. The lowest BCUT2D eigenvalue weighted by atomic mass is 10.1. The van der Waals surface area contributed by atoms with Crippen LogP contribution in [0.4, 0.5) is 5.95 Å². The van der Waals surface area contributed by atoms with Crippen LogP contribution < -0.4 is 28.2 Å². The van der Waals surface area contributed by atoms with Crippen molar-refractivity contribution < 1.29 is 0 Å². The van der Waals surface area contributed by atoms with Crippen molar-refractivity contribution in [3.05, 3.63) is 90.2 Å². The first-order valence-electron chi connectivity index (χ1n) is 9.75. The van der Waals surface area contributed by atoms with Crippen molar-refractivity contribution in [1.29, 1.82) is 0 Å². The van der Waals surface area contributed by atoms with E-state index < -0.39 is 11.4 Å². The molecular formula is C21H23Cl2N7O2. The summed E-state index contributed by atoms with van der Waals surface area (Å²) in [6.45, 7) is 2.71. The van der Waals surface area contributed by atoms with Gasteiger partial charge in [0.1, 0.15) is 0 Å². The molecule has 2 aromatic carbocycles. The summed E-state index contributed by atoms with van der Waals surface area (Å²) in [6.07, 6.45) is 0. The lowest BCUT2D eigenvalue weighted by Crippen LogP contribution is -2.43. The second-order valence-corrected chi connectivity index (χ2v) is 7.95. The molecule has 11 heteroatoms. The van der Waals surface area contributed by atoms with Gasteiger partial charge in [0.05, 0.1) is 29.7 Å². The molecule has 0 aliphatic heterocycles. The van der Waals surface area contributed by atoms with Crippen molar-refractivity contribution in [2.24, 2.45) is 16.5 Å². The summed E-state index contributed by atoms with van der Waals surface area (Å²) < 4.78 is 2.45. The second-order valence-electron chi connectivity index (χ2n) is 7.14. The maximum Gasteiger partial charge on any atom is 0.355 e. The number of rotatable bonds is 8. The first-order valence-corrected chi connectivity index (χ1v) is 10.5. The molecule has 1 heterocycles. The van der Waals surface area contributed by atoms with Crippen LogP contribution in [0, 0.1) is 6.92 Å². The van der Waals surface area contributed by atoms with Crippen molar-refractivity contribution in [3.63, 3.8) is 0 Å². The Hall–Kier alpha value is -3.30. The van der Waals surface area contributed by atoms with Gasteiger partial charge in [-0.25, -0.2) is 14.2 Å². The van der Waals surface area contributed by atoms with Crippen LogP contribution >= 0.6 is 23.2 Å². The Bertz CT molecular complexity index is 1250. The summed E-state index contributed by atoms with van der Waals surface area (Å²) in [5.74, 6) is 0.0542. The van der Waals surface area contributed by atoms with Crippen LogP contribution in [-0.4, -0.2) is 33.2 Å². The number of nitrogens with one attached hydrogen (secondary N) is 1. The molecule has 0 atom stereocenters. The van der Waals surface area contributed by atoms with E-state index in [1.54, 1.807) is 18.2 Å². The third-order valence-electron chi connectivity index (χ3n) is 4.63. The highest BCUT2D eigenvalue weighted by Crippen LogP contribution is 2.23. The minimum atomic E-state index is -0.662. The summed E-state index contributed by atoms with van der Waals surface area (Å²) in [4.78, 5) is 33.9. The number of anilines is 1. The maximum atomic E-state index is 13.3. The molecule has 0 saturated heterocycles. The molecule has 0 bridgehead atoms. The quantitative estimate of drug-likeness (QED) is 0.258. The summed E-state index contributed by atoms with van der Waals surface area (Å²) in [7, 11) is 0. The Kier molecular flexibility index (Phi) is 7.55. The molecule has 3 aromatic rings. The molecule has 0 aliphatic carbocycles. The van der Waals surface area contributed by atoms with Crippen molar-refractivity contribution >= 4 is 35.1 Å². The number of hydrogen-bond donors (Lipinski definition) is 3. The monoisotopic (exact) mass is 475 g/mol. The van der Waals surface area contributed by atoms with Gasteiger partial charge < -0.3 is 16.8 Å². The normalized spacial score (nSPS) is 10.7. The van der Waals surface area contributed by atoms with Crippen LogP contribution in [0.15, 0.2) is 57.0 Å². The van der Waals surface area contributed by atoms with Gasteiger partial charge in [-0.1, -0.05) is 59.1 Å². The number of aryl methyl sites for hydroxylation is 1. The number of nitrogens with zero attached hydrogens (tertiary/aromatic N) is 4. The number of aromatic nitrogens is 3. The minimum absolute atomic E-state index is 0.0542. The van der Waals surface area contributed by atoms with Gasteiger partial charge in [-0.2, -0.15) is 4.98 Å². The van der Waals surface area contributed by atoms with Gasteiger partial charge >= 0.3 is 11.4 Å². The fourth-order valence-corrected chi connectivity index (χ4v) is 3.31. The Balaban J connectivity index is 2.00.